The molecule has 1 aromatic heterocycles. The van der Waals surface area contributed by atoms with Crippen LogP contribution >= 0.6 is 0 Å². The van der Waals surface area contributed by atoms with E-state index in [9.17, 15) is 4.79 Å². The molecule has 1 amide bonds. The molecule has 0 spiro atoms. The molecule has 29 heavy (non-hydrogen) atoms. The number of hydrogen-bond donors (Lipinski definition) is 1. The predicted octanol–water partition coefficient (Wildman–Crippen LogP) is 2.75. The molecule has 1 saturated heterocycles. The van der Waals surface area contributed by atoms with Gasteiger partial charge in [0.2, 0.25) is 11.9 Å². The molecule has 2 aromatic carbocycles. The van der Waals surface area contributed by atoms with Crippen LogP contribution in [0.5, 0.6) is 0 Å². The highest BCUT2D eigenvalue weighted by Gasteiger charge is 2.25. The van der Waals surface area contributed by atoms with Crippen molar-refractivity contribution in [2.45, 2.75) is 25.7 Å². The van der Waals surface area contributed by atoms with Gasteiger partial charge in [0.1, 0.15) is 11.6 Å². The van der Waals surface area contributed by atoms with Crippen molar-refractivity contribution in [2.75, 3.05) is 18.0 Å². The Morgan fingerprint density at radius 2 is 1.31 bits per heavy atom. The Hall–Kier alpha value is -3.28. The van der Waals surface area contributed by atoms with Gasteiger partial charge in [-0.1, -0.05) is 60.7 Å². The van der Waals surface area contributed by atoms with E-state index in [1.165, 1.54) is 11.1 Å². The number of benzene rings is 2. The second kappa shape index (κ2) is 8.82. The van der Waals surface area contributed by atoms with Gasteiger partial charge >= 0.3 is 0 Å². The smallest absolute Gasteiger partial charge is 0.228 e. The normalized spacial score (nSPS) is 14.7. The van der Waals surface area contributed by atoms with Crippen LogP contribution in [0.1, 0.15) is 35.6 Å². The molecule has 2 heterocycles. The molecular formula is C23H25N5O. The Morgan fingerprint density at radius 1 is 0.828 bits per heavy atom. The summed E-state index contributed by atoms with van der Waals surface area (Å²) in [5, 5.41) is 0. The lowest BCUT2D eigenvalue weighted by Gasteiger charge is -2.30. The van der Waals surface area contributed by atoms with Gasteiger partial charge in [-0.2, -0.15) is 9.97 Å². The molecule has 4 rings (SSSR count). The van der Waals surface area contributed by atoms with Crippen LogP contribution in [0.3, 0.4) is 0 Å². The number of piperidine rings is 1. The van der Waals surface area contributed by atoms with Crippen molar-refractivity contribution in [1.82, 2.24) is 15.0 Å². The first kappa shape index (κ1) is 19.1. The van der Waals surface area contributed by atoms with E-state index in [0.717, 1.165) is 37.6 Å². The zero-order chi connectivity index (χ0) is 20.1. The number of anilines is 1. The van der Waals surface area contributed by atoms with E-state index >= 15 is 0 Å². The summed E-state index contributed by atoms with van der Waals surface area (Å²) in [5.74, 6) is 1.96. The molecule has 3 aromatic rings. The summed E-state index contributed by atoms with van der Waals surface area (Å²) in [6.45, 7) is 1.46. The lowest BCUT2D eigenvalue weighted by Crippen LogP contribution is -2.39. The number of rotatable bonds is 6. The summed E-state index contributed by atoms with van der Waals surface area (Å²) in [7, 11) is 0. The van der Waals surface area contributed by atoms with Crippen molar-refractivity contribution in [2.24, 2.45) is 11.7 Å². The van der Waals surface area contributed by atoms with Crippen LogP contribution in [0.25, 0.3) is 0 Å². The fraction of sp³-hybridized carbons (Fsp3) is 0.304. The zero-order valence-electron chi connectivity index (χ0n) is 16.4. The summed E-state index contributed by atoms with van der Waals surface area (Å²) < 4.78 is 0. The van der Waals surface area contributed by atoms with E-state index in [-0.39, 0.29) is 11.8 Å². The summed E-state index contributed by atoms with van der Waals surface area (Å²) in [6.07, 6.45) is 2.80. The third kappa shape index (κ3) is 4.96. The molecule has 1 aliphatic heterocycles. The summed E-state index contributed by atoms with van der Waals surface area (Å²) >= 11 is 0. The minimum atomic E-state index is -0.213. The van der Waals surface area contributed by atoms with Crippen LogP contribution in [-0.4, -0.2) is 33.9 Å². The van der Waals surface area contributed by atoms with Crippen molar-refractivity contribution >= 4 is 11.9 Å². The van der Waals surface area contributed by atoms with Gasteiger partial charge in [-0.3, -0.25) is 4.79 Å². The number of hydrogen-bond acceptors (Lipinski definition) is 5. The van der Waals surface area contributed by atoms with Gasteiger partial charge in [-0.05, 0) is 24.0 Å². The number of nitrogens with zero attached hydrogens (tertiary/aromatic N) is 4. The first-order chi connectivity index (χ1) is 14.2. The maximum Gasteiger partial charge on any atom is 0.228 e. The summed E-state index contributed by atoms with van der Waals surface area (Å²) in [6, 6.07) is 20.4. The largest absolute Gasteiger partial charge is 0.369 e. The fourth-order valence-corrected chi connectivity index (χ4v) is 3.68. The molecule has 0 radical (unpaired) electrons. The second-order valence-corrected chi connectivity index (χ2v) is 7.46. The summed E-state index contributed by atoms with van der Waals surface area (Å²) in [5.41, 5.74) is 7.81. The Labute approximate surface area is 170 Å². The fourth-order valence-electron chi connectivity index (χ4n) is 3.68. The highest BCUT2D eigenvalue weighted by molar-refractivity contribution is 5.76. The number of carbonyl (C=O) groups is 1. The average Bonchev–Trinajstić information content (AvgIpc) is 2.75. The Bertz CT molecular complexity index is 894. The molecule has 0 unspecified atom stereocenters. The van der Waals surface area contributed by atoms with Crippen LogP contribution in [0.4, 0.5) is 5.95 Å². The molecule has 6 heteroatoms. The van der Waals surface area contributed by atoms with Gasteiger partial charge < -0.3 is 10.6 Å². The van der Waals surface area contributed by atoms with Crippen molar-refractivity contribution in [3.8, 4) is 0 Å². The third-order valence-electron chi connectivity index (χ3n) is 5.31. The highest BCUT2D eigenvalue weighted by atomic mass is 16.1. The first-order valence-corrected chi connectivity index (χ1v) is 10.0. The molecule has 1 fully saturated rings. The van der Waals surface area contributed by atoms with Crippen molar-refractivity contribution in [3.63, 3.8) is 0 Å². The molecule has 0 saturated carbocycles. The number of primary amides is 1. The predicted molar refractivity (Wildman–Crippen MR) is 112 cm³/mol. The quantitative estimate of drug-likeness (QED) is 0.703. The number of carbonyl (C=O) groups excluding carboxylic acids is 1. The molecule has 6 nitrogen and oxygen atoms in total. The monoisotopic (exact) mass is 387 g/mol. The molecule has 0 aliphatic carbocycles. The molecule has 148 valence electrons. The van der Waals surface area contributed by atoms with E-state index in [1.54, 1.807) is 0 Å². The van der Waals surface area contributed by atoms with Gasteiger partial charge in [0, 0.05) is 31.8 Å². The minimum absolute atomic E-state index is 0.0549. The van der Waals surface area contributed by atoms with Crippen LogP contribution < -0.4 is 10.6 Å². The van der Waals surface area contributed by atoms with Gasteiger partial charge in [-0.25, -0.2) is 4.98 Å². The van der Waals surface area contributed by atoms with Crippen LogP contribution in [0.15, 0.2) is 60.7 Å². The average molecular weight is 387 g/mol. The summed E-state index contributed by atoms with van der Waals surface area (Å²) in [4.78, 5) is 27.9. The number of amides is 1. The van der Waals surface area contributed by atoms with E-state index < -0.39 is 0 Å². The minimum Gasteiger partial charge on any atom is -0.369 e. The molecular weight excluding hydrogens is 362 g/mol. The lowest BCUT2D eigenvalue weighted by molar-refractivity contribution is -0.122. The SMILES string of the molecule is NC(=O)C1CCN(c2nc(Cc3ccccc3)nc(Cc3ccccc3)n2)CC1. The molecule has 0 bridgehead atoms. The second-order valence-electron chi connectivity index (χ2n) is 7.46. The number of nitrogens with two attached hydrogens (primary N) is 1. The Balaban J connectivity index is 1.60. The molecule has 2 N–H and O–H groups in total. The first-order valence-electron chi connectivity index (χ1n) is 10.0. The standard InChI is InChI=1S/C23H25N5O/c24-22(29)19-11-13-28(14-12-19)23-26-20(15-17-7-3-1-4-8-17)25-21(27-23)16-18-9-5-2-6-10-18/h1-10,19H,11-16H2,(H2,24,29). The van der Waals surface area contributed by atoms with Crippen molar-refractivity contribution in [1.29, 1.82) is 0 Å². The third-order valence-corrected chi connectivity index (χ3v) is 5.31. The van der Waals surface area contributed by atoms with Crippen LogP contribution in [0, 0.1) is 5.92 Å². The van der Waals surface area contributed by atoms with Crippen LogP contribution in [0.2, 0.25) is 0 Å². The van der Waals surface area contributed by atoms with Crippen molar-refractivity contribution in [3.05, 3.63) is 83.4 Å². The van der Waals surface area contributed by atoms with E-state index in [2.05, 4.69) is 29.2 Å². The van der Waals surface area contributed by atoms with E-state index in [0.29, 0.717) is 18.8 Å². The molecule has 1 aliphatic rings. The maximum atomic E-state index is 11.5. The molecule has 0 atom stereocenters. The van der Waals surface area contributed by atoms with Gasteiger partial charge in [0.25, 0.3) is 0 Å². The van der Waals surface area contributed by atoms with E-state index in [4.69, 9.17) is 20.7 Å². The topological polar surface area (TPSA) is 85.0 Å². The lowest BCUT2D eigenvalue weighted by atomic mass is 9.96. The van der Waals surface area contributed by atoms with Gasteiger partial charge in [0.15, 0.2) is 0 Å². The highest BCUT2D eigenvalue weighted by Crippen LogP contribution is 2.21. The van der Waals surface area contributed by atoms with Gasteiger partial charge in [-0.15, -0.1) is 0 Å². The Morgan fingerprint density at radius 3 is 1.76 bits per heavy atom. The maximum absolute atomic E-state index is 11.5. The number of aromatic nitrogens is 3. The van der Waals surface area contributed by atoms with Gasteiger partial charge in [0.05, 0.1) is 0 Å². The zero-order valence-corrected chi connectivity index (χ0v) is 16.4. The van der Waals surface area contributed by atoms with Crippen LogP contribution in [-0.2, 0) is 17.6 Å². The van der Waals surface area contributed by atoms with Crippen molar-refractivity contribution < 1.29 is 4.79 Å². The Kier molecular flexibility index (Phi) is 5.79. The van der Waals surface area contributed by atoms with E-state index in [1.807, 2.05) is 36.4 Å².